The molecule has 0 aromatic heterocycles. The third-order valence-corrected chi connectivity index (χ3v) is 4.64. The van der Waals surface area contributed by atoms with Crippen LogP contribution in [0.25, 0.3) is 0 Å². The van der Waals surface area contributed by atoms with Crippen molar-refractivity contribution in [2.45, 2.75) is 30.5 Å². The summed E-state index contributed by atoms with van der Waals surface area (Å²) in [5.74, 6) is 0. The first-order valence-corrected chi connectivity index (χ1v) is 7.53. The van der Waals surface area contributed by atoms with Gasteiger partial charge in [0.1, 0.15) is 4.90 Å². The minimum Gasteiger partial charge on any atom is -0.396 e. The van der Waals surface area contributed by atoms with Crippen LogP contribution >= 0.6 is 0 Å². The first-order valence-electron chi connectivity index (χ1n) is 6.09. The summed E-state index contributed by atoms with van der Waals surface area (Å²) in [4.78, 5) is -0.142. The van der Waals surface area contributed by atoms with Crippen LogP contribution in [0.1, 0.15) is 13.3 Å². The topological polar surface area (TPSA) is 75.4 Å². The second kappa shape index (κ2) is 6.10. The van der Waals surface area contributed by atoms with Gasteiger partial charge in [-0.15, -0.1) is 0 Å². The molecule has 1 atom stereocenters. The molecule has 1 rings (SSSR count). The highest BCUT2D eigenvalue weighted by Crippen LogP contribution is 2.30. The number of hydrogen-bond donors (Lipinski definition) is 2. The molecule has 1 aromatic carbocycles. The number of para-hydroxylation sites is 1. The van der Waals surface area contributed by atoms with Gasteiger partial charge in [0.25, 0.3) is 0 Å². The van der Waals surface area contributed by atoms with Crippen molar-refractivity contribution in [3.8, 4) is 0 Å². The van der Waals surface area contributed by atoms with E-state index >= 15 is 0 Å². The second-order valence-corrected chi connectivity index (χ2v) is 6.99. The summed E-state index contributed by atoms with van der Waals surface area (Å²) < 4.78 is 62.0. The van der Waals surface area contributed by atoms with E-state index in [0.717, 1.165) is 4.31 Å². The molecule has 0 bridgehead atoms. The van der Waals surface area contributed by atoms with E-state index in [0.29, 0.717) is 0 Å². The number of hydrogen-bond acceptors (Lipinski definition) is 4. The Hall–Kier alpha value is -1.48. The van der Waals surface area contributed by atoms with Gasteiger partial charge >= 0.3 is 6.18 Å². The lowest BCUT2D eigenvalue weighted by Crippen LogP contribution is -2.26. The quantitative estimate of drug-likeness (QED) is 0.814. The van der Waals surface area contributed by atoms with Crippen LogP contribution in [0.4, 0.5) is 24.5 Å². The normalized spacial score (nSPS) is 14.2. The van der Waals surface area contributed by atoms with E-state index in [1.165, 1.54) is 39.2 Å². The first kappa shape index (κ1) is 17.6. The molecule has 120 valence electrons. The second-order valence-electron chi connectivity index (χ2n) is 4.87. The Bertz CT molecular complexity index is 600. The van der Waals surface area contributed by atoms with E-state index in [1.54, 1.807) is 0 Å². The van der Waals surface area contributed by atoms with Crippen LogP contribution in [0.3, 0.4) is 0 Å². The fourth-order valence-electron chi connectivity index (χ4n) is 1.76. The number of alkyl halides is 3. The van der Waals surface area contributed by atoms with Crippen molar-refractivity contribution >= 4 is 21.4 Å². The van der Waals surface area contributed by atoms with Gasteiger partial charge < -0.3 is 11.1 Å². The summed E-state index contributed by atoms with van der Waals surface area (Å²) in [7, 11) is -1.06. The minimum absolute atomic E-state index is 0.0970. The lowest BCUT2D eigenvalue weighted by Gasteiger charge is -2.20. The van der Waals surface area contributed by atoms with Crippen LogP contribution < -0.4 is 11.1 Å². The van der Waals surface area contributed by atoms with Gasteiger partial charge in [-0.2, -0.15) is 13.2 Å². The van der Waals surface area contributed by atoms with Gasteiger partial charge in [0.2, 0.25) is 10.0 Å². The van der Waals surface area contributed by atoms with Crippen LogP contribution in [0.5, 0.6) is 0 Å². The molecule has 5 nitrogen and oxygen atoms in total. The zero-order chi connectivity index (χ0) is 16.4. The van der Waals surface area contributed by atoms with E-state index < -0.39 is 28.7 Å². The fraction of sp³-hybridized carbons (Fsp3) is 0.500. The monoisotopic (exact) mass is 325 g/mol. The van der Waals surface area contributed by atoms with Crippen LogP contribution in [-0.2, 0) is 10.0 Å². The molecule has 0 aliphatic heterocycles. The van der Waals surface area contributed by atoms with Crippen molar-refractivity contribution in [1.29, 1.82) is 0 Å². The predicted molar refractivity (Wildman–Crippen MR) is 75.5 cm³/mol. The van der Waals surface area contributed by atoms with E-state index in [2.05, 4.69) is 5.32 Å². The number of anilines is 2. The molecular weight excluding hydrogens is 307 g/mol. The molecule has 0 heterocycles. The largest absolute Gasteiger partial charge is 0.396 e. The number of nitrogens with one attached hydrogen (secondary N) is 1. The van der Waals surface area contributed by atoms with Crippen molar-refractivity contribution in [2.24, 2.45) is 0 Å². The molecular formula is C12H18F3N3O2S. The molecule has 0 spiro atoms. The Morgan fingerprint density at radius 2 is 1.90 bits per heavy atom. The average Bonchev–Trinajstić information content (AvgIpc) is 2.28. The van der Waals surface area contributed by atoms with Crippen molar-refractivity contribution in [1.82, 2.24) is 4.31 Å². The van der Waals surface area contributed by atoms with Crippen LogP contribution in [0.15, 0.2) is 23.1 Å². The summed E-state index contributed by atoms with van der Waals surface area (Å²) >= 11 is 0. The van der Waals surface area contributed by atoms with Gasteiger partial charge in [0, 0.05) is 20.1 Å². The smallest absolute Gasteiger partial charge is 0.391 e. The molecule has 0 aliphatic carbocycles. The summed E-state index contributed by atoms with van der Waals surface area (Å²) in [6.45, 7) is 1.35. The third kappa shape index (κ3) is 4.50. The van der Waals surface area contributed by atoms with E-state index in [4.69, 9.17) is 5.73 Å². The van der Waals surface area contributed by atoms with Gasteiger partial charge in [0.15, 0.2) is 0 Å². The van der Waals surface area contributed by atoms with Gasteiger partial charge in [-0.25, -0.2) is 12.7 Å². The van der Waals surface area contributed by atoms with E-state index in [-0.39, 0.29) is 16.3 Å². The standard InChI is InChI=1S/C12H18F3N3O2S/c1-8(7-12(13,14)15)17-9-5-4-6-10(11(9)16)21(19,20)18(2)3/h4-6,8,17H,7,16H2,1-3H3. The summed E-state index contributed by atoms with van der Waals surface area (Å²) in [5.41, 5.74) is 5.83. The van der Waals surface area contributed by atoms with Crippen LogP contribution in [0, 0.1) is 0 Å². The fourth-order valence-corrected chi connectivity index (χ4v) is 2.79. The first-order chi connectivity index (χ1) is 9.45. The van der Waals surface area contributed by atoms with Crippen LogP contribution in [-0.4, -0.2) is 39.0 Å². The summed E-state index contributed by atoms with van der Waals surface area (Å²) in [6.07, 6.45) is -5.36. The van der Waals surface area contributed by atoms with Crippen molar-refractivity contribution < 1.29 is 21.6 Å². The minimum atomic E-state index is -4.31. The third-order valence-electron chi connectivity index (χ3n) is 2.76. The molecule has 3 N–H and O–H groups in total. The van der Waals surface area contributed by atoms with Crippen molar-refractivity contribution in [3.05, 3.63) is 18.2 Å². The Morgan fingerprint density at radius 3 is 2.38 bits per heavy atom. The molecule has 0 aliphatic rings. The van der Waals surface area contributed by atoms with Crippen molar-refractivity contribution in [3.63, 3.8) is 0 Å². The maximum atomic E-state index is 12.3. The number of benzene rings is 1. The van der Waals surface area contributed by atoms with Crippen molar-refractivity contribution in [2.75, 3.05) is 25.1 Å². The molecule has 1 aromatic rings. The molecule has 0 radical (unpaired) electrons. The van der Waals surface area contributed by atoms with Gasteiger partial charge in [0.05, 0.1) is 17.8 Å². The highest BCUT2D eigenvalue weighted by molar-refractivity contribution is 7.89. The maximum absolute atomic E-state index is 12.3. The zero-order valence-electron chi connectivity index (χ0n) is 11.9. The van der Waals surface area contributed by atoms with Gasteiger partial charge in [-0.05, 0) is 19.1 Å². The molecule has 21 heavy (non-hydrogen) atoms. The van der Waals surface area contributed by atoms with E-state index in [1.807, 2.05) is 0 Å². The Balaban J connectivity index is 3.08. The number of halogens is 3. The highest BCUT2D eigenvalue weighted by Gasteiger charge is 2.30. The molecule has 0 fully saturated rings. The molecule has 9 heteroatoms. The lowest BCUT2D eigenvalue weighted by atomic mass is 10.2. The number of nitrogen functional groups attached to an aromatic ring is 1. The molecule has 0 amide bonds. The number of rotatable bonds is 5. The van der Waals surface area contributed by atoms with Gasteiger partial charge in [-0.1, -0.05) is 6.07 Å². The van der Waals surface area contributed by atoms with Gasteiger partial charge in [-0.3, -0.25) is 0 Å². The average molecular weight is 325 g/mol. The Morgan fingerprint density at radius 1 is 1.33 bits per heavy atom. The summed E-state index contributed by atoms with van der Waals surface area (Å²) in [6, 6.07) is 3.25. The lowest BCUT2D eigenvalue weighted by molar-refractivity contribution is -0.136. The van der Waals surface area contributed by atoms with E-state index in [9.17, 15) is 21.6 Å². The maximum Gasteiger partial charge on any atom is 0.391 e. The Labute approximate surface area is 122 Å². The number of sulfonamides is 1. The molecule has 1 unspecified atom stereocenters. The molecule has 0 saturated heterocycles. The number of nitrogens with zero attached hydrogens (tertiary/aromatic N) is 1. The number of nitrogens with two attached hydrogens (primary N) is 1. The molecule has 0 saturated carbocycles. The van der Waals surface area contributed by atoms with Crippen LogP contribution in [0.2, 0.25) is 0 Å². The summed E-state index contributed by atoms with van der Waals surface area (Å²) in [5, 5.41) is 2.59. The SMILES string of the molecule is CC(CC(F)(F)F)Nc1cccc(S(=O)(=O)N(C)C)c1N. The zero-order valence-corrected chi connectivity index (χ0v) is 12.7. The Kier molecular flexibility index (Phi) is 5.11. The predicted octanol–water partition coefficient (Wildman–Crippen LogP) is 2.27. The highest BCUT2D eigenvalue weighted by atomic mass is 32.2.